The zero-order valence-corrected chi connectivity index (χ0v) is 13.0. The summed E-state index contributed by atoms with van der Waals surface area (Å²) < 4.78 is 0. The smallest absolute Gasteiger partial charge is 0.119 e. The van der Waals surface area contributed by atoms with Crippen LogP contribution in [0, 0.1) is 0 Å². The largest absolute Gasteiger partial charge is 0.508 e. The van der Waals surface area contributed by atoms with E-state index in [2.05, 4.69) is 28.2 Å². The first-order chi connectivity index (χ1) is 10.2. The Morgan fingerprint density at radius 2 is 2.05 bits per heavy atom. The van der Waals surface area contributed by atoms with E-state index in [9.17, 15) is 5.11 Å². The van der Waals surface area contributed by atoms with Gasteiger partial charge in [0.1, 0.15) is 5.75 Å². The zero-order valence-electron chi connectivity index (χ0n) is 13.0. The number of hydrogen-bond acceptors (Lipinski definition) is 4. The molecule has 1 aromatic carbocycles. The summed E-state index contributed by atoms with van der Waals surface area (Å²) >= 11 is 0. The second kappa shape index (κ2) is 6.77. The summed E-state index contributed by atoms with van der Waals surface area (Å²) in [5.41, 5.74) is 2.45. The highest BCUT2D eigenvalue weighted by molar-refractivity contribution is 5.44. The van der Waals surface area contributed by atoms with Gasteiger partial charge in [-0.15, -0.1) is 0 Å². The maximum atomic E-state index is 9.87. The third-order valence-electron chi connectivity index (χ3n) is 4.88. The number of piperazine rings is 1. The number of benzene rings is 1. The summed E-state index contributed by atoms with van der Waals surface area (Å²) in [6, 6.07) is 6.34. The topological polar surface area (TPSA) is 38.7 Å². The van der Waals surface area contributed by atoms with Crippen LogP contribution in [0.4, 0.5) is 0 Å². The molecule has 0 aromatic heterocycles. The number of fused-ring (bicyclic) bond motifs is 1. The van der Waals surface area contributed by atoms with Crippen molar-refractivity contribution in [1.29, 1.82) is 0 Å². The lowest BCUT2D eigenvalue weighted by atomic mass is 10.1. The number of hydrogen-bond donors (Lipinski definition) is 2. The molecule has 1 unspecified atom stereocenters. The minimum Gasteiger partial charge on any atom is -0.508 e. The minimum absolute atomic E-state index is 0.430. The lowest BCUT2D eigenvalue weighted by Crippen LogP contribution is -2.45. The molecule has 0 radical (unpaired) electrons. The Morgan fingerprint density at radius 1 is 1.24 bits per heavy atom. The Kier molecular flexibility index (Phi) is 4.78. The Balaban J connectivity index is 1.40. The first-order valence-electron chi connectivity index (χ1n) is 8.19. The van der Waals surface area contributed by atoms with Crippen LogP contribution in [0.5, 0.6) is 5.75 Å². The summed E-state index contributed by atoms with van der Waals surface area (Å²) in [7, 11) is 2.20. The molecule has 3 rings (SSSR count). The molecular formula is C17H27N3O. The molecular weight excluding hydrogens is 262 g/mol. The van der Waals surface area contributed by atoms with E-state index in [-0.39, 0.29) is 0 Å². The molecule has 4 nitrogen and oxygen atoms in total. The number of phenols is 1. The number of likely N-dealkylation sites (N-methyl/N-ethyl adjacent to an activating group) is 1. The monoisotopic (exact) mass is 289 g/mol. The average molecular weight is 289 g/mol. The van der Waals surface area contributed by atoms with Gasteiger partial charge in [-0.05, 0) is 56.6 Å². The summed E-state index contributed by atoms with van der Waals surface area (Å²) in [6.45, 7) is 7.06. The van der Waals surface area contributed by atoms with Crippen molar-refractivity contribution in [2.45, 2.75) is 25.3 Å². The number of nitrogens with zero attached hydrogens (tertiary/aromatic N) is 2. The Hall–Kier alpha value is -1.10. The molecule has 116 valence electrons. The zero-order chi connectivity index (χ0) is 14.7. The van der Waals surface area contributed by atoms with Crippen LogP contribution >= 0.6 is 0 Å². The molecule has 0 bridgehead atoms. The highest BCUT2D eigenvalue weighted by Crippen LogP contribution is 2.36. The van der Waals surface area contributed by atoms with E-state index in [0.29, 0.717) is 11.8 Å². The number of nitrogens with one attached hydrogen (secondary N) is 1. The summed E-state index contributed by atoms with van der Waals surface area (Å²) in [4.78, 5) is 4.97. The van der Waals surface area contributed by atoms with Crippen molar-refractivity contribution in [1.82, 2.24) is 15.1 Å². The molecule has 21 heavy (non-hydrogen) atoms. The van der Waals surface area contributed by atoms with E-state index in [1.165, 1.54) is 44.7 Å². The molecule has 2 aliphatic rings. The van der Waals surface area contributed by atoms with Crippen LogP contribution in [0.25, 0.3) is 0 Å². The lowest BCUT2D eigenvalue weighted by Gasteiger charge is -2.32. The molecule has 1 heterocycles. The van der Waals surface area contributed by atoms with E-state index in [1.54, 1.807) is 6.07 Å². The van der Waals surface area contributed by atoms with E-state index < -0.39 is 0 Å². The molecule has 1 aliphatic carbocycles. The van der Waals surface area contributed by atoms with Crippen molar-refractivity contribution in [2.24, 2.45) is 0 Å². The van der Waals surface area contributed by atoms with Gasteiger partial charge >= 0.3 is 0 Å². The number of rotatable bonds is 5. The Labute approximate surface area is 127 Å². The van der Waals surface area contributed by atoms with E-state index in [1.807, 2.05) is 6.07 Å². The predicted molar refractivity (Wildman–Crippen MR) is 85.7 cm³/mol. The molecule has 1 aliphatic heterocycles. The molecule has 0 spiro atoms. The fourth-order valence-electron chi connectivity index (χ4n) is 3.50. The first-order valence-corrected chi connectivity index (χ1v) is 8.19. The summed E-state index contributed by atoms with van der Waals surface area (Å²) in [5, 5.41) is 13.5. The van der Waals surface area contributed by atoms with Gasteiger partial charge in [0.25, 0.3) is 0 Å². The number of phenolic OH excluding ortho intramolecular Hbond substituents is 1. The average Bonchev–Trinajstić information content (AvgIpc) is 2.90. The van der Waals surface area contributed by atoms with Gasteiger partial charge in [-0.25, -0.2) is 0 Å². The molecule has 1 aromatic rings. The van der Waals surface area contributed by atoms with Crippen LogP contribution in [-0.4, -0.2) is 61.2 Å². The van der Waals surface area contributed by atoms with Gasteiger partial charge in [0.15, 0.2) is 0 Å². The second-order valence-corrected chi connectivity index (χ2v) is 6.39. The molecule has 0 amide bonds. The van der Waals surface area contributed by atoms with Crippen LogP contribution in [0.1, 0.15) is 30.0 Å². The van der Waals surface area contributed by atoms with E-state index in [0.717, 1.165) is 24.9 Å². The van der Waals surface area contributed by atoms with Gasteiger partial charge in [0.2, 0.25) is 0 Å². The molecule has 4 heteroatoms. The minimum atomic E-state index is 0.430. The van der Waals surface area contributed by atoms with Crippen molar-refractivity contribution < 1.29 is 5.11 Å². The highest BCUT2D eigenvalue weighted by Gasteiger charge is 2.23. The third kappa shape index (κ3) is 3.57. The Morgan fingerprint density at radius 3 is 2.86 bits per heavy atom. The summed E-state index contributed by atoms with van der Waals surface area (Å²) in [6.07, 6.45) is 3.31. The van der Waals surface area contributed by atoms with Gasteiger partial charge in [-0.2, -0.15) is 0 Å². The second-order valence-electron chi connectivity index (χ2n) is 6.39. The normalized spacial score (nSPS) is 23.4. The fourth-order valence-corrected chi connectivity index (χ4v) is 3.50. The maximum absolute atomic E-state index is 9.87. The summed E-state index contributed by atoms with van der Waals surface area (Å²) in [5.74, 6) is 0.467. The van der Waals surface area contributed by atoms with Crippen molar-refractivity contribution in [3.63, 3.8) is 0 Å². The molecule has 1 saturated heterocycles. The van der Waals surface area contributed by atoms with Crippen molar-refractivity contribution >= 4 is 0 Å². The Bertz CT molecular complexity index is 469. The van der Waals surface area contributed by atoms with Crippen LogP contribution in [-0.2, 0) is 6.42 Å². The molecule has 2 N–H and O–H groups in total. The lowest BCUT2D eigenvalue weighted by molar-refractivity contribution is 0.152. The van der Waals surface area contributed by atoms with Crippen LogP contribution < -0.4 is 5.32 Å². The van der Waals surface area contributed by atoms with Gasteiger partial charge in [0, 0.05) is 32.2 Å². The van der Waals surface area contributed by atoms with Crippen molar-refractivity contribution in [3.05, 3.63) is 29.3 Å². The van der Waals surface area contributed by atoms with Gasteiger partial charge in [0.05, 0.1) is 0 Å². The fraction of sp³-hybridized carbons (Fsp3) is 0.647. The SMILES string of the molecule is CN1CCN(CCCNC2CCc3c(O)cccc32)CC1. The maximum Gasteiger partial charge on any atom is 0.119 e. The first kappa shape index (κ1) is 14.8. The van der Waals surface area contributed by atoms with Crippen LogP contribution in [0.2, 0.25) is 0 Å². The van der Waals surface area contributed by atoms with Crippen LogP contribution in [0.15, 0.2) is 18.2 Å². The van der Waals surface area contributed by atoms with Gasteiger partial charge in [-0.3, -0.25) is 0 Å². The van der Waals surface area contributed by atoms with Crippen LogP contribution in [0.3, 0.4) is 0 Å². The molecule has 0 saturated carbocycles. The highest BCUT2D eigenvalue weighted by atomic mass is 16.3. The number of aromatic hydroxyl groups is 1. The van der Waals surface area contributed by atoms with Gasteiger partial charge < -0.3 is 20.2 Å². The molecule has 1 fully saturated rings. The quantitative estimate of drug-likeness (QED) is 0.808. The molecule has 1 atom stereocenters. The van der Waals surface area contributed by atoms with Gasteiger partial charge in [-0.1, -0.05) is 12.1 Å². The van der Waals surface area contributed by atoms with Crippen molar-refractivity contribution in [3.8, 4) is 5.75 Å². The predicted octanol–water partition coefficient (Wildman–Crippen LogP) is 1.61. The van der Waals surface area contributed by atoms with E-state index in [4.69, 9.17) is 0 Å². The van der Waals surface area contributed by atoms with E-state index >= 15 is 0 Å². The third-order valence-corrected chi connectivity index (χ3v) is 4.88. The van der Waals surface area contributed by atoms with Crippen molar-refractivity contribution in [2.75, 3.05) is 46.3 Å². The standard InChI is InChI=1S/C17H27N3O/c1-19-10-12-20(13-11-19)9-3-8-18-16-7-6-15-14(16)4-2-5-17(15)21/h2,4-5,16,18,21H,3,6-13H2,1H3.